The molecule has 0 radical (unpaired) electrons. The molecule has 0 unspecified atom stereocenters. The Balaban J connectivity index is 1.85. The monoisotopic (exact) mass is 252 g/mol. The second-order valence-electron chi connectivity index (χ2n) is 5.51. The van der Waals surface area contributed by atoms with Crippen LogP contribution in [0.4, 0.5) is 5.69 Å². The molecule has 1 fully saturated rings. The fourth-order valence-corrected chi connectivity index (χ4v) is 2.96. The van der Waals surface area contributed by atoms with E-state index in [4.69, 9.17) is 17.3 Å². The average molecular weight is 253 g/mol. The first-order chi connectivity index (χ1) is 8.07. The highest BCUT2D eigenvalue weighted by Crippen LogP contribution is 2.36. The fraction of sp³-hybridized carbons (Fsp3) is 0.571. The molecule has 1 aliphatic carbocycles. The molecular weight excluding hydrogens is 232 g/mol. The van der Waals surface area contributed by atoms with Gasteiger partial charge in [0.2, 0.25) is 0 Å². The van der Waals surface area contributed by atoms with Crippen molar-refractivity contribution in [3.8, 4) is 0 Å². The average Bonchev–Trinajstić information content (AvgIpc) is 2.64. The standard InChI is InChI=1S/C14H21ClN2/c1-14(4-2-3-5-14)10-17-9-11-6-12(15)8-13(16)7-11/h6-8,17H,2-5,9-10,16H2,1H3. The maximum Gasteiger partial charge on any atom is 0.0429 e. The van der Waals surface area contributed by atoms with E-state index in [0.29, 0.717) is 10.4 Å². The number of nitrogens with two attached hydrogens (primary N) is 1. The van der Waals surface area contributed by atoms with Gasteiger partial charge in [-0.05, 0) is 42.0 Å². The second kappa shape index (κ2) is 5.28. The second-order valence-corrected chi connectivity index (χ2v) is 5.95. The van der Waals surface area contributed by atoms with Crippen LogP contribution < -0.4 is 11.1 Å². The zero-order valence-corrected chi connectivity index (χ0v) is 11.2. The molecule has 1 aliphatic rings. The summed E-state index contributed by atoms with van der Waals surface area (Å²) in [6, 6.07) is 5.74. The molecule has 3 N–H and O–H groups in total. The van der Waals surface area contributed by atoms with E-state index in [-0.39, 0.29) is 0 Å². The molecule has 0 saturated heterocycles. The van der Waals surface area contributed by atoms with E-state index in [9.17, 15) is 0 Å². The number of hydrogen-bond donors (Lipinski definition) is 2. The minimum Gasteiger partial charge on any atom is -0.399 e. The van der Waals surface area contributed by atoms with Gasteiger partial charge in [-0.1, -0.05) is 31.4 Å². The van der Waals surface area contributed by atoms with Crippen LogP contribution in [0.2, 0.25) is 5.02 Å². The summed E-state index contributed by atoms with van der Waals surface area (Å²) in [5.41, 5.74) is 8.16. The van der Waals surface area contributed by atoms with E-state index >= 15 is 0 Å². The van der Waals surface area contributed by atoms with Crippen LogP contribution in [0.15, 0.2) is 18.2 Å². The summed E-state index contributed by atoms with van der Waals surface area (Å²) in [6.07, 6.45) is 5.44. The topological polar surface area (TPSA) is 38.0 Å². The Morgan fingerprint density at radius 3 is 2.65 bits per heavy atom. The van der Waals surface area contributed by atoms with E-state index in [1.165, 1.54) is 25.7 Å². The Hall–Kier alpha value is -0.730. The lowest BCUT2D eigenvalue weighted by Crippen LogP contribution is -2.29. The zero-order chi connectivity index (χ0) is 12.3. The summed E-state index contributed by atoms with van der Waals surface area (Å²) in [5.74, 6) is 0. The summed E-state index contributed by atoms with van der Waals surface area (Å²) in [4.78, 5) is 0. The minimum absolute atomic E-state index is 0.490. The SMILES string of the molecule is CC1(CNCc2cc(N)cc(Cl)c2)CCCC1. The normalized spacial score (nSPS) is 18.5. The molecule has 0 aliphatic heterocycles. The third-order valence-electron chi connectivity index (χ3n) is 3.67. The van der Waals surface area contributed by atoms with Crippen molar-refractivity contribution in [1.29, 1.82) is 0 Å². The van der Waals surface area contributed by atoms with Crippen molar-refractivity contribution in [3.05, 3.63) is 28.8 Å². The first kappa shape index (κ1) is 12.7. The van der Waals surface area contributed by atoms with Gasteiger partial charge in [0, 0.05) is 23.8 Å². The smallest absolute Gasteiger partial charge is 0.0429 e. The van der Waals surface area contributed by atoms with E-state index in [0.717, 1.165) is 24.3 Å². The Bertz CT molecular complexity index is 364. The Morgan fingerprint density at radius 2 is 2.00 bits per heavy atom. The van der Waals surface area contributed by atoms with E-state index in [1.54, 1.807) is 6.07 Å². The molecule has 0 atom stereocenters. The van der Waals surface area contributed by atoms with Crippen molar-refractivity contribution in [3.63, 3.8) is 0 Å². The van der Waals surface area contributed by atoms with Crippen LogP contribution >= 0.6 is 11.6 Å². The molecule has 2 rings (SSSR count). The summed E-state index contributed by atoms with van der Waals surface area (Å²) in [5, 5.41) is 4.24. The summed E-state index contributed by atoms with van der Waals surface area (Å²) in [6.45, 7) is 4.30. The molecule has 1 saturated carbocycles. The Morgan fingerprint density at radius 1 is 1.29 bits per heavy atom. The van der Waals surface area contributed by atoms with Crippen LogP contribution in [0.25, 0.3) is 0 Å². The first-order valence-corrected chi connectivity index (χ1v) is 6.71. The maximum absolute atomic E-state index is 5.98. The van der Waals surface area contributed by atoms with Gasteiger partial charge >= 0.3 is 0 Å². The predicted octanol–water partition coefficient (Wildman–Crippen LogP) is 3.59. The molecule has 2 nitrogen and oxygen atoms in total. The van der Waals surface area contributed by atoms with E-state index < -0.39 is 0 Å². The minimum atomic E-state index is 0.490. The Labute approximate surface area is 109 Å². The summed E-state index contributed by atoms with van der Waals surface area (Å²) < 4.78 is 0. The molecule has 94 valence electrons. The van der Waals surface area contributed by atoms with Crippen molar-refractivity contribution in [1.82, 2.24) is 5.32 Å². The largest absolute Gasteiger partial charge is 0.399 e. The number of halogens is 1. The quantitative estimate of drug-likeness (QED) is 0.804. The molecule has 0 spiro atoms. The third-order valence-corrected chi connectivity index (χ3v) is 3.89. The van der Waals surface area contributed by atoms with Crippen LogP contribution in [0.5, 0.6) is 0 Å². The Kier molecular flexibility index (Phi) is 3.95. The number of nitrogen functional groups attached to an aromatic ring is 1. The number of rotatable bonds is 4. The number of hydrogen-bond acceptors (Lipinski definition) is 2. The van der Waals surface area contributed by atoms with Crippen LogP contribution in [-0.2, 0) is 6.54 Å². The van der Waals surface area contributed by atoms with Gasteiger partial charge in [0.25, 0.3) is 0 Å². The van der Waals surface area contributed by atoms with Gasteiger partial charge in [0.15, 0.2) is 0 Å². The van der Waals surface area contributed by atoms with E-state index in [1.807, 2.05) is 12.1 Å². The molecule has 0 heterocycles. The molecule has 0 amide bonds. The van der Waals surface area contributed by atoms with Crippen LogP contribution in [0, 0.1) is 5.41 Å². The van der Waals surface area contributed by atoms with Crippen molar-refractivity contribution < 1.29 is 0 Å². The van der Waals surface area contributed by atoms with Gasteiger partial charge in [-0.15, -0.1) is 0 Å². The van der Waals surface area contributed by atoms with Crippen molar-refractivity contribution >= 4 is 17.3 Å². The fourth-order valence-electron chi connectivity index (χ4n) is 2.69. The molecule has 1 aromatic rings. The lowest BCUT2D eigenvalue weighted by molar-refractivity contribution is 0.314. The highest BCUT2D eigenvalue weighted by Gasteiger charge is 2.27. The van der Waals surface area contributed by atoms with Crippen molar-refractivity contribution in [2.75, 3.05) is 12.3 Å². The summed E-state index contributed by atoms with van der Waals surface area (Å²) >= 11 is 5.98. The zero-order valence-electron chi connectivity index (χ0n) is 10.4. The van der Waals surface area contributed by atoms with Crippen LogP contribution in [-0.4, -0.2) is 6.54 Å². The molecule has 1 aromatic carbocycles. The summed E-state index contributed by atoms with van der Waals surface area (Å²) in [7, 11) is 0. The first-order valence-electron chi connectivity index (χ1n) is 6.33. The van der Waals surface area contributed by atoms with Gasteiger partial charge in [-0.2, -0.15) is 0 Å². The molecule has 0 bridgehead atoms. The van der Waals surface area contributed by atoms with E-state index in [2.05, 4.69) is 12.2 Å². The van der Waals surface area contributed by atoms with Crippen LogP contribution in [0.3, 0.4) is 0 Å². The molecule has 0 aromatic heterocycles. The van der Waals surface area contributed by atoms with Gasteiger partial charge in [0.05, 0.1) is 0 Å². The maximum atomic E-state index is 5.98. The molecule has 17 heavy (non-hydrogen) atoms. The van der Waals surface area contributed by atoms with Crippen molar-refractivity contribution in [2.45, 2.75) is 39.2 Å². The van der Waals surface area contributed by atoms with Crippen LogP contribution in [0.1, 0.15) is 38.2 Å². The number of nitrogens with one attached hydrogen (secondary N) is 1. The molecule has 3 heteroatoms. The van der Waals surface area contributed by atoms with Gasteiger partial charge in [-0.3, -0.25) is 0 Å². The lowest BCUT2D eigenvalue weighted by atomic mass is 9.89. The molecular formula is C14H21ClN2. The lowest BCUT2D eigenvalue weighted by Gasteiger charge is -2.23. The van der Waals surface area contributed by atoms with Gasteiger partial charge in [-0.25, -0.2) is 0 Å². The van der Waals surface area contributed by atoms with Crippen molar-refractivity contribution in [2.24, 2.45) is 5.41 Å². The predicted molar refractivity (Wildman–Crippen MR) is 74.1 cm³/mol. The highest BCUT2D eigenvalue weighted by molar-refractivity contribution is 6.30. The van der Waals surface area contributed by atoms with Gasteiger partial charge < -0.3 is 11.1 Å². The highest BCUT2D eigenvalue weighted by atomic mass is 35.5. The number of benzene rings is 1. The van der Waals surface area contributed by atoms with Gasteiger partial charge in [0.1, 0.15) is 0 Å². The third kappa shape index (κ3) is 3.62. The number of anilines is 1.